The zero-order valence-electron chi connectivity index (χ0n) is 9.97. The standard InChI is InChI=1S/C14H13FN2O/c1-2-13(17-18)11-7-8-16-14(9-11)10-3-5-12(15)6-4-10/h3-9,18H,2H2,1H3. The molecule has 0 saturated heterocycles. The van der Waals surface area contributed by atoms with Crippen molar-refractivity contribution in [3.05, 3.63) is 54.0 Å². The number of pyridine rings is 1. The summed E-state index contributed by atoms with van der Waals surface area (Å²) in [6, 6.07) is 9.73. The molecule has 18 heavy (non-hydrogen) atoms. The molecular weight excluding hydrogens is 231 g/mol. The third-order valence-corrected chi connectivity index (χ3v) is 2.69. The summed E-state index contributed by atoms with van der Waals surface area (Å²) in [6.45, 7) is 1.91. The summed E-state index contributed by atoms with van der Waals surface area (Å²) in [5.74, 6) is -0.277. The highest BCUT2D eigenvalue weighted by atomic mass is 19.1. The van der Waals surface area contributed by atoms with Crippen molar-refractivity contribution >= 4 is 5.71 Å². The molecule has 0 unspecified atom stereocenters. The molecule has 1 aromatic carbocycles. The lowest BCUT2D eigenvalue weighted by atomic mass is 10.1. The fourth-order valence-corrected chi connectivity index (χ4v) is 1.72. The topological polar surface area (TPSA) is 45.5 Å². The summed E-state index contributed by atoms with van der Waals surface area (Å²) in [6.07, 6.45) is 2.28. The predicted octanol–water partition coefficient (Wildman–Crippen LogP) is 3.48. The van der Waals surface area contributed by atoms with Crippen LogP contribution in [0.25, 0.3) is 11.3 Å². The monoisotopic (exact) mass is 244 g/mol. The highest BCUT2D eigenvalue weighted by molar-refractivity contribution is 6.00. The van der Waals surface area contributed by atoms with E-state index in [-0.39, 0.29) is 5.82 Å². The van der Waals surface area contributed by atoms with Gasteiger partial charge < -0.3 is 5.21 Å². The lowest BCUT2D eigenvalue weighted by Gasteiger charge is -2.05. The Hall–Kier alpha value is -2.23. The van der Waals surface area contributed by atoms with Crippen LogP contribution in [0.3, 0.4) is 0 Å². The smallest absolute Gasteiger partial charge is 0.123 e. The van der Waals surface area contributed by atoms with Gasteiger partial charge in [-0.2, -0.15) is 0 Å². The van der Waals surface area contributed by atoms with Crippen LogP contribution >= 0.6 is 0 Å². The summed E-state index contributed by atoms with van der Waals surface area (Å²) in [7, 11) is 0. The minimum absolute atomic E-state index is 0.277. The number of aromatic nitrogens is 1. The molecule has 92 valence electrons. The minimum atomic E-state index is -0.277. The Bertz CT molecular complexity index is 564. The second-order valence-electron chi connectivity index (χ2n) is 3.84. The third kappa shape index (κ3) is 2.53. The van der Waals surface area contributed by atoms with Gasteiger partial charge in [0.15, 0.2) is 0 Å². The van der Waals surface area contributed by atoms with Gasteiger partial charge in [0, 0.05) is 17.3 Å². The van der Waals surface area contributed by atoms with Crippen molar-refractivity contribution in [3.63, 3.8) is 0 Å². The first-order valence-corrected chi connectivity index (χ1v) is 5.68. The van der Waals surface area contributed by atoms with Crippen LogP contribution < -0.4 is 0 Å². The number of halogens is 1. The second kappa shape index (κ2) is 5.40. The van der Waals surface area contributed by atoms with Gasteiger partial charge in [0.2, 0.25) is 0 Å². The molecule has 4 heteroatoms. The molecule has 0 bridgehead atoms. The fraction of sp³-hybridized carbons (Fsp3) is 0.143. The lowest BCUT2D eigenvalue weighted by Crippen LogP contribution is -1.99. The van der Waals surface area contributed by atoms with E-state index in [2.05, 4.69) is 10.1 Å². The number of nitrogens with zero attached hydrogens (tertiary/aromatic N) is 2. The Labute approximate surface area is 105 Å². The van der Waals surface area contributed by atoms with Crippen LogP contribution in [-0.2, 0) is 0 Å². The van der Waals surface area contributed by atoms with Gasteiger partial charge in [0.1, 0.15) is 5.82 Å². The van der Waals surface area contributed by atoms with E-state index in [1.165, 1.54) is 12.1 Å². The van der Waals surface area contributed by atoms with Crippen LogP contribution in [0.15, 0.2) is 47.8 Å². The highest BCUT2D eigenvalue weighted by Crippen LogP contribution is 2.19. The molecular formula is C14H13FN2O. The van der Waals surface area contributed by atoms with Gasteiger partial charge in [-0.3, -0.25) is 4.98 Å². The molecule has 2 aromatic rings. The van der Waals surface area contributed by atoms with Gasteiger partial charge in [-0.1, -0.05) is 12.1 Å². The van der Waals surface area contributed by atoms with Crippen molar-refractivity contribution in [1.29, 1.82) is 0 Å². The third-order valence-electron chi connectivity index (χ3n) is 2.69. The van der Waals surface area contributed by atoms with Crippen LogP contribution in [0.1, 0.15) is 18.9 Å². The molecule has 0 aliphatic carbocycles. The predicted molar refractivity (Wildman–Crippen MR) is 68.2 cm³/mol. The normalized spacial score (nSPS) is 11.6. The zero-order valence-corrected chi connectivity index (χ0v) is 9.97. The first kappa shape index (κ1) is 12.2. The van der Waals surface area contributed by atoms with E-state index in [0.29, 0.717) is 12.1 Å². The number of hydrogen-bond donors (Lipinski definition) is 1. The van der Waals surface area contributed by atoms with Gasteiger partial charge in [-0.25, -0.2) is 4.39 Å². The first-order valence-electron chi connectivity index (χ1n) is 5.68. The van der Waals surface area contributed by atoms with Crippen LogP contribution in [-0.4, -0.2) is 15.9 Å². The molecule has 1 heterocycles. The Morgan fingerprint density at radius 2 is 2.00 bits per heavy atom. The summed E-state index contributed by atoms with van der Waals surface area (Å²) < 4.78 is 12.8. The average Bonchev–Trinajstić information content (AvgIpc) is 2.41. The molecule has 3 nitrogen and oxygen atoms in total. The number of rotatable bonds is 3. The van der Waals surface area contributed by atoms with Gasteiger partial charge in [0.25, 0.3) is 0 Å². The zero-order chi connectivity index (χ0) is 13.0. The van der Waals surface area contributed by atoms with Gasteiger partial charge >= 0.3 is 0 Å². The van der Waals surface area contributed by atoms with E-state index in [1.807, 2.05) is 13.0 Å². The maximum atomic E-state index is 12.8. The summed E-state index contributed by atoms with van der Waals surface area (Å²) in [5, 5.41) is 12.1. The average molecular weight is 244 g/mol. The molecule has 0 saturated carbocycles. The lowest BCUT2D eigenvalue weighted by molar-refractivity contribution is 0.318. The Balaban J connectivity index is 2.41. The Kier molecular flexibility index (Phi) is 3.67. The highest BCUT2D eigenvalue weighted by Gasteiger charge is 2.05. The molecule has 1 N–H and O–H groups in total. The molecule has 0 radical (unpaired) electrons. The molecule has 0 atom stereocenters. The van der Waals surface area contributed by atoms with Crippen molar-refractivity contribution in [3.8, 4) is 11.3 Å². The Morgan fingerprint density at radius 1 is 1.28 bits per heavy atom. The van der Waals surface area contributed by atoms with Crippen molar-refractivity contribution in [2.45, 2.75) is 13.3 Å². The first-order chi connectivity index (χ1) is 8.74. The van der Waals surface area contributed by atoms with Gasteiger partial charge in [-0.15, -0.1) is 0 Å². The van der Waals surface area contributed by atoms with E-state index >= 15 is 0 Å². The summed E-state index contributed by atoms with van der Waals surface area (Å²) >= 11 is 0. The molecule has 0 aliphatic rings. The van der Waals surface area contributed by atoms with E-state index in [4.69, 9.17) is 5.21 Å². The maximum Gasteiger partial charge on any atom is 0.123 e. The Morgan fingerprint density at radius 3 is 2.61 bits per heavy atom. The summed E-state index contributed by atoms with van der Waals surface area (Å²) in [5.41, 5.74) is 2.96. The molecule has 1 aromatic heterocycles. The van der Waals surface area contributed by atoms with Gasteiger partial charge in [-0.05, 0) is 42.8 Å². The van der Waals surface area contributed by atoms with E-state index in [1.54, 1.807) is 24.4 Å². The fourth-order valence-electron chi connectivity index (χ4n) is 1.72. The molecule has 0 spiro atoms. The van der Waals surface area contributed by atoms with Crippen LogP contribution in [0.4, 0.5) is 4.39 Å². The van der Waals surface area contributed by atoms with Gasteiger partial charge in [0.05, 0.1) is 11.4 Å². The molecule has 0 aliphatic heterocycles. The quantitative estimate of drug-likeness (QED) is 0.510. The molecule has 0 amide bonds. The van der Waals surface area contributed by atoms with Crippen molar-refractivity contribution < 1.29 is 9.60 Å². The SMILES string of the molecule is CCC(=NO)c1ccnc(-c2ccc(F)cc2)c1. The second-order valence-corrected chi connectivity index (χ2v) is 3.84. The van der Waals surface area contributed by atoms with E-state index in [9.17, 15) is 4.39 Å². The van der Waals surface area contributed by atoms with Crippen LogP contribution in [0.5, 0.6) is 0 Å². The largest absolute Gasteiger partial charge is 0.411 e. The number of oxime groups is 1. The van der Waals surface area contributed by atoms with Crippen LogP contribution in [0, 0.1) is 5.82 Å². The van der Waals surface area contributed by atoms with Crippen molar-refractivity contribution in [2.24, 2.45) is 5.16 Å². The number of benzene rings is 1. The van der Waals surface area contributed by atoms with E-state index < -0.39 is 0 Å². The number of hydrogen-bond acceptors (Lipinski definition) is 3. The van der Waals surface area contributed by atoms with Crippen molar-refractivity contribution in [1.82, 2.24) is 4.98 Å². The maximum absolute atomic E-state index is 12.8. The van der Waals surface area contributed by atoms with Crippen molar-refractivity contribution in [2.75, 3.05) is 0 Å². The minimum Gasteiger partial charge on any atom is -0.411 e. The van der Waals surface area contributed by atoms with E-state index in [0.717, 1.165) is 16.8 Å². The summed E-state index contributed by atoms with van der Waals surface area (Å²) in [4.78, 5) is 4.23. The molecule has 2 rings (SSSR count). The molecule has 0 fully saturated rings. The van der Waals surface area contributed by atoms with Crippen LogP contribution in [0.2, 0.25) is 0 Å².